The third kappa shape index (κ3) is 11.2. The molecule has 7 fully saturated rings. The molecule has 3 heterocycles. The highest BCUT2D eigenvalue weighted by Crippen LogP contribution is 2.76. The Hall–Kier alpha value is -1.59. The van der Waals surface area contributed by atoms with Crippen LogP contribution >= 0.6 is 0 Å². The predicted octanol–water partition coefficient (Wildman–Crippen LogP) is 5.75. The molecule has 0 amide bonds. The van der Waals surface area contributed by atoms with Gasteiger partial charge in [-0.15, -0.1) is 0 Å². The number of carbonyl (C=O) groups is 1. The first kappa shape index (κ1) is 68.3. The van der Waals surface area contributed by atoms with Crippen LogP contribution in [0.15, 0.2) is 11.6 Å². The summed E-state index contributed by atoms with van der Waals surface area (Å²) in [4.78, 5) is 13.9. The minimum atomic E-state index is -1.69. The lowest BCUT2D eigenvalue weighted by Crippen LogP contribution is -2.72. The van der Waals surface area contributed by atoms with E-state index in [4.69, 9.17) is 94.7 Å². The van der Waals surface area contributed by atoms with Gasteiger partial charge in [0.05, 0.1) is 56.3 Å². The van der Waals surface area contributed by atoms with Crippen molar-refractivity contribution in [2.45, 2.75) is 203 Å². The van der Waals surface area contributed by atoms with Gasteiger partial charge in [-0.05, 0) is 84.4 Å². The number of ether oxygens (including phenoxy) is 20. The van der Waals surface area contributed by atoms with E-state index < -0.39 is 115 Å². The minimum Gasteiger partial charge on any atom is -0.479 e. The van der Waals surface area contributed by atoms with E-state index in [1.54, 1.807) is 56.9 Å². The molecule has 0 aromatic rings. The third-order valence-electron chi connectivity index (χ3n) is 22.8. The molecule has 8 rings (SSSR count). The standard InChI is InChI=1S/C62H106O22/c1-57(2)27-34-33-21-22-38-58(3)25-24-39(59(4,31-67-9)37(58)23-26-60(38,5)61(33,6)28-40(69-11)62(34,32-68-10)52(78-20)51(57)77-19)81-56-50(84-55-49(76-18)44(73-15)42(71-13)36(80-55)30-66-8)45(74-16)46(47(83-56)53(63)64)82-54-48(75-17)43(72-14)41(70-12)35(79-54)29-65-7/h21,34-52,54-56H,22-32H2,1-20H3,(H,63,64)/t34-,35+,36+,37+,38+,39-,40+,41+,42+,43-,44-,45-,46-,47-,48+,49+,50+,51-,52-,54-,55-,56+,58-,59+,60+,61+,62-/m0/s1. The van der Waals surface area contributed by atoms with E-state index in [-0.39, 0.29) is 70.9 Å². The van der Waals surface area contributed by atoms with E-state index in [1.807, 2.05) is 14.2 Å². The molecule has 0 radical (unpaired) electrons. The van der Waals surface area contributed by atoms with Gasteiger partial charge in [-0.2, -0.15) is 0 Å². The molecule has 486 valence electrons. The summed E-state index contributed by atoms with van der Waals surface area (Å²) in [6.45, 7) is 15.5. The van der Waals surface area contributed by atoms with E-state index in [0.717, 1.165) is 38.5 Å². The van der Waals surface area contributed by atoms with Gasteiger partial charge in [0, 0.05) is 105 Å². The van der Waals surface area contributed by atoms with Crippen LogP contribution in [0.25, 0.3) is 0 Å². The maximum Gasteiger partial charge on any atom is 0.335 e. The van der Waals surface area contributed by atoms with Crippen molar-refractivity contribution >= 4 is 5.97 Å². The minimum absolute atomic E-state index is 0.0955. The van der Waals surface area contributed by atoms with E-state index in [9.17, 15) is 9.90 Å². The molecule has 27 atom stereocenters. The fraction of sp³-hybridized carbons (Fsp3) is 0.952. The molecule has 0 spiro atoms. The summed E-state index contributed by atoms with van der Waals surface area (Å²) in [6.07, 6.45) is -7.91. The van der Waals surface area contributed by atoms with Crippen molar-refractivity contribution in [1.82, 2.24) is 0 Å². The maximum atomic E-state index is 13.9. The van der Waals surface area contributed by atoms with Gasteiger partial charge in [0.25, 0.3) is 0 Å². The summed E-state index contributed by atoms with van der Waals surface area (Å²) in [7, 11) is 22.8. The normalized spacial score (nSPS) is 48.3. The molecule has 3 aliphatic heterocycles. The van der Waals surface area contributed by atoms with Crippen LogP contribution in [0.4, 0.5) is 0 Å². The summed E-state index contributed by atoms with van der Waals surface area (Å²) in [5.74, 6) is -0.836. The lowest BCUT2D eigenvalue weighted by Gasteiger charge is -2.73. The monoisotopic (exact) mass is 1200 g/mol. The van der Waals surface area contributed by atoms with Crippen LogP contribution in [0.2, 0.25) is 0 Å². The second-order valence-electron chi connectivity index (χ2n) is 26.8. The number of aliphatic carboxylic acids is 1. The van der Waals surface area contributed by atoms with E-state index in [2.05, 4.69) is 47.6 Å². The smallest absolute Gasteiger partial charge is 0.335 e. The summed E-state index contributed by atoms with van der Waals surface area (Å²) < 4.78 is 127. The van der Waals surface area contributed by atoms with Crippen molar-refractivity contribution < 1.29 is 105 Å². The van der Waals surface area contributed by atoms with Gasteiger partial charge < -0.3 is 99.8 Å². The van der Waals surface area contributed by atoms with Crippen molar-refractivity contribution in [2.24, 2.45) is 50.2 Å². The average Bonchev–Trinajstić information content (AvgIpc) is 0.688. The lowest BCUT2D eigenvalue weighted by molar-refractivity contribution is -0.396. The molecule has 0 aromatic carbocycles. The fourth-order valence-corrected chi connectivity index (χ4v) is 19.0. The highest BCUT2D eigenvalue weighted by molar-refractivity contribution is 5.73. The number of rotatable bonds is 25. The highest BCUT2D eigenvalue weighted by atomic mass is 16.8. The maximum absolute atomic E-state index is 13.9. The van der Waals surface area contributed by atoms with Gasteiger partial charge in [-0.3, -0.25) is 0 Å². The Labute approximate surface area is 499 Å². The van der Waals surface area contributed by atoms with E-state index in [1.165, 1.54) is 34.0 Å². The Morgan fingerprint density at radius 2 is 1.02 bits per heavy atom. The number of allylic oxidation sites excluding steroid dienone is 2. The quantitative estimate of drug-likeness (QED) is 0.0849. The van der Waals surface area contributed by atoms with Crippen molar-refractivity contribution in [3.05, 3.63) is 11.6 Å². The average molecular weight is 1200 g/mol. The molecule has 0 unspecified atom stereocenters. The number of carboxylic acid groups (broad SMARTS) is 1. The zero-order valence-corrected chi connectivity index (χ0v) is 54.1. The molecular formula is C62H106O22. The largest absolute Gasteiger partial charge is 0.479 e. The number of fused-ring (bicyclic) bond motifs is 7. The summed E-state index contributed by atoms with van der Waals surface area (Å²) in [6, 6.07) is 0. The van der Waals surface area contributed by atoms with Crippen molar-refractivity contribution in [1.29, 1.82) is 0 Å². The summed E-state index contributed by atoms with van der Waals surface area (Å²) in [5.41, 5.74) is -0.355. The van der Waals surface area contributed by atoms with Crippen molar-refractivity contribution in [2.75, 3.05) is 126 Å². The summed E-state index contributed by atoms with van der Waals surface area (Å²) >= 11 is 0. The molecular weight excluding hydrogens is 1100 g/mol. The summed E-state index contributed by atoms with van der Waals surface area (Å²) in [5, 5.41) is 11.3. The third-order valence-corrected chi connectivity index (χ3v) is 22.8. The second kappa shape index (κ2) is 27.5. The van der Waals surface area contributed by atoms with Gasteiger partial charge in [-0.1, -0.05) is 53.2 Å². The zero-order chi connectivity index (χ0) is 61.5. The SMILES string of the molecule is COC[C@H]1O[C@@H](O[C@H]2[C@H](O[C@H]3CC[C@@]4(C)[C@@H](CC[C@]5(C)[C@@H]4CC=C4[C@@H]6CC(C)(C)[C@@H](OC)[C@H](OC)[C@]6(COC)[C@H](OC)C[C@]45C)[C@@]3(C)COC)O[C@H](C(=O)O)[C@@H](O[C@@H]3O[C@H](COC)[C@@H](OC)[C@H](OC)[C@H]3OC)[C@@H]2OC)[C@H](OC)[C@@H](OC)[C@@H]1OC. The van der Waals surface area contributed by atoms with Gasteiger partial charge in [0.1, 0.15) is 67.1 Å². The number of hydrogen-bond donors (Lipinski definition) is 1. The number of carboxylic acids is 1. The molecule has 1 N–H and O–H groups in total. The lowest BCUT2D eigenvalue weighted by atomic mass is 9.33. The van der Waals surface area contributed by atoms with Crippen LogP contribution < -0.4 is 0 Å². The van der Waals surface area contributed by atoms with Crippen LogP contribution in [-0.4, -0.2) is 254 Å². The Balaban J connectivity index is 1.17. The van der Waals surface area contributed by atoms with Gasteiger partial charge >= 0.3 is 5.97 Å². The van der Waals surface area contributed by atoms with Crippen LogP contribution in [0.1, 0.15) is 86.5 Å². The second-order valence-corrected chi connectivity index (χ2v) is 26.8. The van der Waals surface area contributed by atoms with Crippen molar-refractivity contribution in [3.63, 3.8) is 0 Å². The Morgan fingerprint density at radius 3 is 1.50 bits per heavy atom. The van der Waals surface area contributed by atoms with E-state index in [0.29, 0.717) is 19.6 Å². The zero-order valence-electron chi connectivity index (χ0n) is 54.1. The number of hydrogen-bond acceptors (Lipinski definition) is 21. The Bertz CT molecular complexity index is 2170. The molecule has 4 saturated carbocycles. The Morgan fingerprint density at radius 1 is 0.512 bits per heavy atom. The van der Waals surface area contributed by atoms with Crippen LogP contribution in [-0.2, 0) is 99.5 Å². The van der Waals surface area contributed by atoms with Gasteiger partial charge in [0.2, 0.25) is 0 Å². The first-order chi connectivity index (χ1) is 40.1. The van der Waals surface area contributed by atoms with Crippen LogP contribution in [0.5, 0.6) is 0 Å². The molecule has 5 aliphatic carbocycles. The predicted molar refractivity (Wildman–Crippen MR) is 303 cm³/mol. The van der Waals surface area contributed by atoms with Crippen LogP contribution in [0.3, 0.4) is 0 Å². The molecule has 0 aromatic heterocycles. The molecule has 3 saturated heterocycles. The molecule has 8 aliphatic rings. The fourth-order valence-electron chi connectivity index (χ4n) is 19.0. The topological polar surface area (TPSA) is 222 Å². The number of methoxy groups -OCH3 is 14. The highest BCUT2D eigenvalue weighted by Gasteiger charge is 2.74. The molecule has 22 nitrogen and oxygen atoms in total. The first-order valence-electron chi connectivity index (χ1n) is 30.2. The molecule has 0 bridgehead atoms. The molecule has 22 heteroatoms. The van der Waals surface area contributed by atoms with Crippen molar-refractivity contribution in [3.8, 4) is 0 Å². The Kier molecular flexibility index (Phi) is 22.3. The van der Waals surface area contributed by atoms with Gasteiger partial charge in [-0.25, -0.2) is 4.79 Å². The van der Waals surface area contributed by atoms with Gasteiger partial charge in [0.15, 0.2) is 25.0 Å². The van der Waals surface area contributed by atoms with Crippen LogP contribution in [0, 0.1) is 50.2 Å². The van der Waals surface area contributed by atoms with E-state index >= 15 is 0 Å². The molecule has 84 heavy (non-hydrogen) atoms. The first-order valence-corrected chi connectivity index (χ1v) is 30.2.